The van der Waals surface area contributed by atoms with Gasteiger partial charge in [-0.05, 0) is 67.1 Å². The van der Waals surface area contributed by atoms with Crippen LogP contribution in [0.4, 0.5) is 4.79 Å². The van der Waals surface area contributed by atoms with Gasteiger partial charge in [-0.15, -0.1) is 0 Å². The van der Waals surface area contributed by atoms with Crippen molar-refractivity contribution in [3.05, 3.63) is 77.1 Å². The van der Waals surface area contributed by atoms with Crippen LogP contribution >= 0.6 is 11.6 Å². The number of urea groups is 1. The standard InChI is InChI=1S/C36H47ClN4O11S/c1-41(15-17-50-16-14-39-35(47)40-30(20-42)33(45)34(46)31(44)21-43)53(48,49)25-8-9-29(37)23(18-25)22-51-36(11-12-36)28-19-38-13-10-26(28)27-4-2-3-5-32(27)52-24-6-7-24/h2-5,8-10,13,18-19,24,30-31,33-34,42-46H,6-7,11-12,14-17,20-22H2,1H3,(H2,39,40,47)/t30-,31+,33+,34+/m0/s1. The fraction of sp³-hybridized carbons (Fsp3) is 0.500. The summed E-state index contributed by atoms with van der Waals surface area (Å²) >= 11 is 6.53. The predicted molar refractivity (Wildman–Crippen MR) is 194 cm³/mol. The van der Waals surface area contributed by atoms with Crippen molar-refractivity contribution in [2.24, 2.45) is 0 Å². The minimum Gasteiger partial charge on any atom is -0.490 e. The highest BCUT2D eigenvalue weighted by atomic mass is 35.5. The van der Waals surface area contributed by atoms with E-state index in [1.54, 1.807) is 6.20 Å². The van der Waals surface area contributed by atoms with E-state index in [0.29, 0.717) is 10.6 Å². The molecule has 2 aliphatic carbocycles. The smallest absolute Gasteiger partial charge is 0.315 e. The maximum absolute atomic E-state index is 13.5. The highest BCUT2D eigenvalue weighted by Crippen LogP contribution is 2.53. The zero-order valence-corrected chi connectivity index (χ0v) is 30.9. The fourth-order valence-corrected chi connectivity index (χ4v) is 7.03. The fourth-order valence-electron chi connectivity index (χ4n) is 5.66. The highest BCUT2D eigenvalue weighted by molar-refractivity contribution is 7.89. The Morgan fingerprint density at radius 2 is 1.79 bits per heavy atom. The number of aliphatic hydroxyl groups excluding tert-OH is 5. The summed E-state index contributed by atoms with van der Waals surface area (Å²) in [5.41, 5.74) is 2.79. The lowest BCUT2D eigenvalue weighted by molar-refractivity contribution is -0.0902. The van der Waals surface area contributed by atoms with Crippen LogP contribution in [0.5, 0.6) is 5.75 Å². The molecule has 2 aromatic carbocycles. The van der Waals surface area contributed by atoms with E-state index in [4.69, 9.17) is 30.9 Å². The maximum Gasteiger partial charge on any atom is 0.315 e. The number of aliphatic hydroxyl groups is 5. The number of amides is 2. The molecular formula is C36H47ClN4O11S. The average molecular weight is 779 g/mol. The van der Waals surface area contributed by atoms with Crippen LogP contribution in [-0.2, 0) is 31.7 Å². The Bertz CT molecular complexity index is 1790. The molecule has 2 saturated carbocycles. The number of hydrogen-bond acceptors (Lipinski definition) is 12. The number of rotatable bonds is 21. The van der Waals surface area contributed by atoms with Gasteiger partial charge in [0.2, 0.25) is 10.0 Å². The largest absolute Gasteiger partial charge is 0.490 e. The van der Waals surface area contributed by atoms with Gasteiger partial charge < -0.3 is 50.4 Å². The van der Waals surface area contributed by atoms with E-state index in [9.17, 15) is 33.6 Å². The third-order valence-corrected chi connectivity index (χ3v) is 11.4. The lowest BCUT2D eigenvalue weighted by Gasteiger charge is -2.28. The first kappa shape index (κ1) is 40.8. The molecular weight excluding hydrogens is 732 g/mol. The third-order valence-electron chi connectivity index (χ3n) is 9.18. The molecule has 2 aliphatic rings. The van der Waals surface area contributed by atoms with Gasteiger partial charge in [0.1, 0.15) is 24.1 Å². The van der Waals surface area contributed by atoms with Crippen LogP contribution < -0.4 is 15.4 Å². The molecule has 2 fully saturated rings. The van der Waals surface area contributed by atoms with Crippen molar-refractivity contribution in [2.45, 2.75) is 73.2 Å². The number of pyridine rings is 1. The molecule has 17 heteroatoms. The number of para-hydroxylation sites is 1. The molecule has 1 aromatic heterocycles. The molecule has 53 heavy (non-hydrogen) atoms. The number of hydrogen-bond donors (Lipinski definition) is 7. The summed E-state index contributed by atoms with van der Waals surface area (Å²) in [7, 11) is -2.51. The second kappa shape index (κ2) is 18.3. The van der Waals surface area contributed by atoms with Crippen molar-refractivity contribution in [3.63, 3.8) is 0 Å². The Morgan fingerprint density at radius 3 is 2.49 bits per heavy atom. The first-order chi connectivity index (χ1) is 25.4. The number of aromatic nitrogens is 1. The Kier molecular flexibility index (Phi) is 14.1. The van der Waals surface area contributed by atoms with Gasteiger partial charge in [-0.25, -0.2) is 13.2 Å². The molecule has 15 nitrogen and oxygen atoms in total. The van der Waals surface area contributed by atoms with Crippen LogP contribution in [0.2, 0.25) is 5.02 Å². The van der Waals surface area contributed by atoms with E-state index in [0.717, 1.165) is 52.4 Å². The molecule has 0 bridgehead atoms. The van der Waals surface area contributed by atoms with Crippen molar-refractivity contribution in [1.82, 2.24) is 19.9 Å². The van der Waals surface area contributed by atoms with Crippen molar-refractivity contribution in [3.8, 4) is 16.9 Å². The van der Waals surface area contributed by atoms with Gasteiger partial charge in [-0.3, -0.25) is 4.98 Å². The van der Waals surface area contributed by atoms with E-state index in [1.807, 2.05) is 36.5 Å². The minimum atomic E-state index is -3.93. The second-order valence-electron chi connectivity index (χ2n) is 13.1. The number of carbonyl (C=O) groups is 1. The summed E-state index contributed by atoms with van der Waals surface area (Å²) < 4.78 is 46.3. The van der Waals surface area contributed by atoms with Gasteiger partial charge in [0.05, 0.1) is 55.7 Å². The number of nitrogens with zero attached hydrogens (tertiary/aromatic N) is 2. The van der Waals surface area contributed by atoms with Crippen LogP contribution in [-0.4, -0.2) is 126 Å². The molecule has 0 unspecified atom stereocenters. The average Bonchev–Trinajstić information content (AvgIpc) is 4.11. The van der Waals surface area contributed by atoms with Gasteiger partial charge in [-0.2, -0.15) is 4.31 Å². The van der Waals surface area contributed by atoms with Gasteiger partial charge in [-0.1, -0.05) is 29.8 Å². The molecule has 2 amide bonds. The summed E-state index contributed by atoms with van der Waals surface area (Å²) in [6, 6.07) is 12.3. The van der Waals surface area contributed by atoms with E-state index in [-0.39, 0.29) is 43.9 Å². The molecule has 0 spiro atoms. The Hall–Kier alpha value is -3.42. The van der Waals surface area contributed by atoms with Crippen molar-refractivity contribution in [1.29, 1.82) is 0 Å². The van der Waals surface area contributed by atoms with Gasteiger partial charge >= 0.3 is 6.03 Å². The number of likely N-dealkylation sites (N-methyl/N-ethyl adjacent to an activating group) is 1. The first-order valence-corrected chi connectivity index (χ1v) is 19.2. The molecule has 290 valence electrons. The Morgan fingerprint density at radius 1 is 1.04 bits per heavy atom. The number of sulfonamides is 1. The summed E-state index contributed by atoms with van der Waals surface area (Å²) in [5, 5.41) is 52.8. The molecule has 0 saturated heterocycles. The van der Waals surface area contributed by atoms with Gasteiger partial charge in [0, 0.05) is 48.7 Å². The number of ether oxygens (including phenoxy) is 3. The number of benzene rings is 2. The molecule has 1 heterocycles. The quantitative estimate of drug-likeness (QED) is 0.0766. The molecule has 7 N–H and O–H groups in total. The summed E-state index contributed by atoms with van der Waals surface area (Å²) in [6.45, 7) is -1.46. The molecule has 0 aliphatic heterocycles. The highest BCUT2D eigenvalue weighted by Gasteiger charge is 2.48. The number of halogens is 1. The Balaban J connectivity index is 1.12. The van der Waals surface area contributed by atoms with Crippen LogP contribution in [0, 0.1) is 0 Å². The topological polar surface area (TPSA) is 220 Å². The van der Waals surface area contributed by atoms with Crippen LogP contribution in [0.3, 0.4) is 0 Å². The van der Waals surface area contributed by atoms with E-state index >= 15 is 0 Å². The molecule has 4 atom stereocenters. The molecule has 3 aromatic rings. The van der Waals surface area contributed by atoms with Gasteiger partial charge in [0.25, 0.3) is 0 Å². The lowest BCUT2D eigenvalue weighted by atomic mass is 9.96. The third kappa shape index (κ3) is 10.4. The monoisotopic (exact) mass is 778 g/mol. The second-order valence-corrected chi connectivity index (χ2v) is 15.6. The van der Waals surface area contributed by atoms with Crippen LogP contribution in [0.25, 0.3) is 11.1 Å². The zero-order chi connectivity index (χ0) is 38.2. The van der Waals surface area contributed by atoms with Crippen LogP contribution in [0.15, 0.2) is 65.8 Å². The lowest BCUT2D eigenvalue weighted by Crippen LogP contribution is -2.56. The summed E-state index contributed by atoms with van der Waals surface area (Å²) in [5.74, 6) is 0.818. The molecule has 0 radical (unpaired) electrons. The van der Waals surface area contributed by atoms with Crippen molar-refractivity contribution >= 4 is 27.7 Å². The van der Waals surface area contributed by atoms with Crippen molar-refractivity contribution < 1.29 is 53.0 Å². The minimum absolute atomic E-state index is 0.00167. The summed E-state index contributed by atoms with van der Waals surface area (Å²) in [6.07, 6.45) is 2.21. The van der Waals surface area contributed by atoms with Crippen molar-refractivity contribution in [2.75, 3.05) is 46.6 Å². The van der Waals surface area contributed by atoms with Gasteiger partial charge in [0.15, 0.2) is 0 Å². The first-order valence-electron chi connectivity index (χ1n) is 17.4. The van der Waals surface area contributed by atoms with E-state index < -0.39 is 59.2 Å². The van der Waals surface area contributed by atoms with E-state index in [2.05, 4.69) is 15.6 Å². The SMILES string of the molecule is CN(CCOCCNC(=O)N[C@@H](CO)[C@@H](O)[C@H](O)[C@H](O)CO)S(=O)(=O)c1ccc(Cl)c(COC2(c3cnccc3-c3ccccc3OC3CC3)CC2)c1. The molecule has 5 rings (SSSR count). The maximum atomic E-state index is 13.5. The predicted octanol–water partition coefficient (Wildman–Crippen LogP) is 1.52. The van der Waals surface area contributed by atoms with Crippen LogP contribution in [0.1, 0.15) is 36.8 Å². The Labute approximate surface area is 313 Å². The normalized spacial score (nSPS) is 17.5. The summed E-state index contributed by atoms with van der Waals surface area (Å²) in [4.78, 5) is 16.6. The number of carbonyl (C=O) groups excluding carboxylic acids is 1. The van der Waals surface area contributed by atoms with E-state index in [1.165, 1.54) is 25.2 Å². The zero-order valence-electron chi connectivity index (χ0n) is 29.3. The number of nitrogens with one attached hydrogen (secondary N) is 2.